The van der Waals surface area contributed by atoms with Crippen molar-refractivity contribution in [2.75, 3.05) is 18.8 Å². The number of benzene rings is 2. The second kappa shape index (κ2) is 13.2. The van der Waals surface area contributed by atoms with Crippen LogP contribution in [0.3, 0.4) is 0 Å². The summed E-state index contributed by atoms with van der Waals surface area (Å²) < 4.78 is 0. The van der Waals surface area contributed by atoms with Crippen molar-refractivity contribution < 1.29 is 9.59 Å². The van der Waals surface area contributed by atoms with Crippen LogP contribution >= 0.6 is 11.8 Å². The molecule has 2 rings (SSSR count). The van der Waals surface area contributed by atoms with Crippen LogP contribution < -0.4 is 5.32 Å². The summed E-state index contributed by atoms with van der Waals surface area (Å²) in [6.45, 7) is 9.31. The summed E-state index contributed by atoms with van der Waals surface area (Å²) in [6.07, 6.45) is 2.71. The third-order valence-corrected chi connectivity index (χ3v) is 6.25. The van der Waals surface area contributed by atoms with Gasteiger partial charge >= 0.3 is 0 Å². The molecule has 0 saturated heterocycles. The van der Waals surface area contributed by atoms with Crippen LogP contribution in [0.4, 0.5) is 0 Å². The number of nitrogens with one attached hydrogen (secondary N) is 1. The second-order valence-corrected chi connectivity index (χ2v) is 9.12. The molecule has 0 aliphatic heterocycles. The van der Waals surface area contributed by atoms with E-state index in [0.717, 1.165) is 25.0 Å². The van der Waals surface area contributed by atoms with Gasteiger partial charge in [-0.05, 0) is 44.7 Å². The summed E-state index contributed by atoms with van der Waals surface area (Å²) in [7, 11) is 0. The van der Waals surface area contributed by atoms with E-state index >= 15 is 0 Å². The fraction of sp³-hybridized carbons (Fsp3) is 0.462. The molecule has 2 aromatic rings. The fourth-order valence-electron chi connectivity index (χ4n) is 3.60. The van der Waals surface area contributed by atoms with E-state index in [2.05, 4.69) is 56.4 Å². The molecule has 1 atom stereocenters. The quantitative estimate of drug-likeness (QED) is 0.477. The van der Waals surface area contributed by atoms with Gasteiger partial charge in [0.25, 0.3) is 0 Å². The Morgan fingerprint density at radius 1 is 1.03 bits per heavy atom. The maximum absolute atomic E-state index is 13.1. The summed E-state index contributed by atoms with van der Waals surface area (Å²) in [6, 6.07) is 16.1. The molecule has 0 bridgehead atoms. The summed E-state index contributed by atoms with van der Waals surface area (Å²) in [5.41, 5.74) is 4.88. The fourth-order valence-corrected chi connectivity index (χ4v) is 4.44. The number of carbonyl (C=O) groups excluding carboxylic acids is 2. The van der Waals surface area contributed by atoms with Crippen molar-refractivity contribution in [3.8, 4) is 0 Å². The highest BCUT2D eigenvalue weighted by molar-refractivity contribution is 7.99. The molecule has 0 aliphatic rings. The standard InChI is InChI=1S/C26H36N2O2S/c1-5-6-13-27-26(30)22(4)28(14-12-23-10-8-7-9-11-23)25(29)19-31-18-24-16-20(2)15-21(3)17-24/h7-11,15-17,22H,5-6,12-14,18-19H2,1-4H3,(H,27,30)/t22-/m0/s1. The largest absolute Gasteiger partial charge is 0.354 e. The first-order chi connectivity index (χ1) is 14.9. The number of amides is 2. The average molecular weight is 441 g/mol. The number of aryl methyl sites for hydroxylation is 2. The minimum Gasteiger partial charge on any atom is -0.354 e. The molecule has 1 N–H and O–H groups in total. The van der Waals surface area contributed by atoms with E-state index in [0.29, 0.717) is 18.8 Å². The maximum Gasteiger partial charge on any atom is 0.242 e. The molecule has 31 heavy (non-hydrogen) atoms. The topological polar surface area (TPSA) is 49.4 Å². The van der Waals surface area contributed by atoms with Gasteiger partial charge in [-0.1, -0.05) is 73.0 Å². The number of carbonyl (C=O) groups is 2. The zero-order valence-corrected chi connectivity index (χ0v) is 20.1. The molecule has 0 saturated carbocycles. The van der Waals surface area contributed by atoms with Gasteiger partial charge in [0.05, 0.1) is 5.75 Å². The van der Waals surface area contributed by atoms with Gasteiger partial charge in [0.1, 0.15) is 6.04 Å². The molecule has 0 heterocycles. The van der Waals surface area contributed by atoms with Crippen molar-refractivity contribution in [1.29, 1.82) is 0 Å². The number of hydrogen-bond acceptors (Lipinski definition) is 3. The number of hydrogen-bond donors (Lipinski definition) is 1. The van der Waals surface area contributed by atoms with Gasteiger partial charge in [-0.2, -0.15) is 0 Å². The predicted octanol–water partition coefficient (Wildman–Crippen LogP) is 4.91. The maximum atomic E-state index is 13.1. The molecule has 0 aliphatic carbocycles. The smallest absolute Gasteiger partial charge is 0.242 e. The average Bonchev–Trinajstić information content (AvgIpc) is 2.74. The van der Waals surface area contributed by atoms with Gasteiger partial charge in [0.15, 0.2) is 0 Å². The molecule has 2 amide bonds. The summed E-state index contributed by atoms with van der Waals surface area (Å²) in [4.78, 5) is 27.5. The number of nitrogens with zero attached hydrogens (tertiary/aromatic N) is 1. The molecular formula is C26H36N2O2S. The molecule has 0 spiro atoms. The Kier molecular flexibility index (Phi) is 10.6. The van der Waals surface area contributed by atoms with E-state index in [9.17, 15) is 9.59 Å². The first kappa shape index (κ1) is 25.0. The molecule has 0 radical (unpaired) electrons. The van der Waals surface area contributed by atoms with Gasteiger partial charge in [-0.25, -0.2) is 0 Å². The van der Waals surface area contributed by atoms with Crippen LogP contribution in [0.25, 0.3) is 0 Å². The summed E-state index contributed by atoms with van der Waals surface area (Å²) in [5, 5.41) is 2.97. The lowest BCUT2D eigenvalue weighted by Gasteiger charge is -2.28. The molecule has 4 nitrogen and oxygen atoms in total. The van der Waals surface area contributed by atoms with E-state index < -0.39 is 6.04 Å². The molecule has 2 aromatic carbocycles. The van der Waals surface area contributed by atoms with E-state index in [1.165, 1.54) is 22.3 Å². The first-order valence-electron chi connectivity index (χ1n) is 11.2. The highest BCUT2D eigenvalue weighted by Crippen LogP contribution is 2.17. The van der Waals surface area contributed by atoms with Crippen LogP contribution in [0.1, 0.15) is 48.9 Å². The van der Waals surface area contributed by atoms with E-state index in [1.807, 2.05) is 25.1 Å². The normalized spacial score (nSPS) is 11.7. The molecule has 0 unspecified atom stereocenters. The van der Waals surface area contributed by atoms with Crippen molar-refractivity contribution in [2.45, 2.75) is 58.8 Å². The second-order valence-electron chi connectivity index (χ2n) is 8.13. The van der Waals surface area contributed by atoms with Gasteiger partial charge in [-0.3, -0.25) is 9.59 Å². The van der Waals surface area contributed by atoms with E-state index in [1.54, 1.807) is 16.7 Å². The van der Waals surface area contributed by atoms with Gasteiger partial charge in [0.2, 0.25) is 11.8 Å². The van der Waals surface area contributed by atoms with E-state index in [-0.39, 0.29) is 11.8 Å². The Hall–Kier alpha value is -2.27. The third kappa shape index (κ3) is 8.78. The molecular weight excluding hydrogens is 404 g/mol. The Morgan fingerprint density at radius 3 is 2.35 bits per heavy atom. The Balaban J connectivity index is 1.99. The van der Waals surface area contributed by atoms with Crippen molar-refractivity contribution in [1.82, 2.24) is 10.2 Å². The van der Waals surface area contributed by atoms with Crippen LogP contribution in [-0.4, -0.2) is 41.6 Å². The minimum atomic E-state index is -0.477. The number of rotatable bonds is 12. The lowest BCUT2D eigenvalue weighted by Crippen LogP contribution is -2.49. The number of unbranched alkanes of at least 4 members (excludes halogenated alkanes) is 1. The molecule has 0 aromatic heterocycles. The summed E-state index contributed by atoms with van der Waals surface area (Å²) >= 11 is 1.61. The van der Waals surface area contributed by atoms with Crippen LogP contribution in [0.15, 0.2) is 48.5 Å². The lowest BCUT2D eigenvalue weighted by molar-refractivity contribution is -0.137. The number of thioether (sulfide) groups is 1. The minimum absolute atomic E-state index is 0.0171. The lowest BCUT2D eigenvalue weighted by atomic mass is 10.1. The van der Waals surface area contributed by atoms with Gasteiger partial charge in [0, 0.05) is 18.8 Å². The summed E-state index contributed by atoms with van der Waals surface area (Å²) in [5.74, 6) is 1.10. The monoisotopic (exact) mass is 440 g/mol. The van der Waals surface area contributed by atoms with E-state index in [4.69, 9.17) is 0 Å². The Bertz CT molecular complexity index is 818. The zero-order valence-electron chi connectivity index (χ0n) is 19.3. The third-order valence-electron chi connectivity index (χ3n) is 5.26. The predicted molar refractivity (Wildman–Crippen MR) is 131 cm³/mol. The highest BCUT2D eigenvalue weighted by Gasteiger charge is 2.25. The zero-order chi connectivity index (χ0) is 22.6. The first-order valence-corrected chi connectivity index (χ1v) is 12.3. The highest BCUT2D eigenvalue weighted by atomic mass is 32.2. The van der Waals surface area contributed by atoms with Crippen molar-refractivity contribution in [2.24, 2.45) is 0 Å². The van der Waals surface area contributed by atoms with Crippen LogP contribution in [-0.2, 0) is 21.8 Å². The van der Waals surface area contributed by atoms with Gasteiger partial charge < -0.3 is 10.2 Å². The van der Waals surface area contributed by atoms with Gasteiger partial charge in [-0.15, -0.1) is 11.8 Å². The van der Waals surface area contributed by atoms with Crippen LogP contribution in [0.2, 0.25) is 0 Å². The van der Waals surface area contributed by atoms with Crippen molar-refractivity contribution >= 4 is 23.6 Å². The molecule has 5 heteroatoms. The van der Waals surface area contributed by atoms with Crippen molar-refractivity contribution in [3.05, 3.63) is 70.8 Å². The van der Waals surface area contributed by atoms with Crippen molar-refractivity contribution in [3.63, 3.8) is 0 Å². The Morgan fingerprint density at radius 2 is 1.71 bits per heavy atom. The van der Waals surface area contributed by atoms with Crippen LogP contribution in [0.5, 0.6) is 0 Å². The van der Waals surface area contributed by atoms with Crippen LogP contribution in [0, 0.1) is 13.8 Å². The SMILES string of the molecule is CCCCNC(=O)[C@H](C)N(CCc1ccccc1)C(=O)CSCc1cc(C)cc(C)c1. The molecule has 0 fully saturated rings. The Labute approximate surface area is 191 Å². The molecule has 168 valence electrons.